The lowest BCUT2D eigenvalue weighted by molar-refractivity contribution is 0.337. The second-order valence-electron chi connectivity index (χ2n) is 5.52. The maximum Gasteiger partial charge on any atom is 0.243 e. The summed E-state index contributed by atoms with van der Waals surface area (Å²) in [6.45, 7) is 5.17. The molecule has 0 bridgehead atoms. The second kappa shape index (κ2) is 6.29. The quantitative estimate of drug-likeness (QED) is 0.829. The van der Waals surface area contributed by atoms with Crippen molar-refractivity contribution in [2.75, 3.05) is 19.7 Å². The highest BCUT2D eigenvalue weighted by molar-refractivity contribution is 7.89. The fraction of sp³-hybridized carbons (Fsp3) is 0.467. The largest absolute Gasteiger partial charge is 0.494 e. The first-order valence-electron chi connectivity index (χ1n) is 7.61. The standard InChI is InChI=1S/C15H20N4O3S/c1-3-22-15-5-4-14(10-12(15)2)23(20,21)18-9-6-13(11-18)19-16-7-8-17-19/h4-5,7-8,10,13H,3,6,9,11H2,1-2H3/t13-/m0/s1. The van der Waals surface area contributed by atoms with Crippen LogP contribution in [0.3, 0.4) is 0 Å². The normalized spacial score (nSPS) is 19.1. The first kappa shape index (κ1) is 15.9. The molecule has 1 atom stereocenters. The van der Waals surface area contributed by atoms with Crippen LogP contribution in [0, 0.1) is 6.92 Å². The zero-order valence-electron chi connectivity index (χ0n) is 13.2. The number of ether oxygens (including phenoxy) is 1. The number of sulfonamides is 1. The van der Waals surface area contributed by atoms with Crippen LogP contribution in [0.15, 0.2) is 35.5 Å². The molecule has 1 aromatic heterocycles. The highest BCUT2D eigenvalue weighted by atomic mass is 32.2. The van der Waals surface area contributed by atoms with E-state index in [0.717, 1.165) is 5.56 Å². The number of aryl methyl sites for hydroxylation is 1. The molecule has 0 unspecified atom stereocenters. The molecular formula is C15H20N4O3S. The summed E-state index contributed by atoms with van der Waals surface area (Å²) in [5, 5.41) is 8.20. The number of hydrogen-bond acceptors (Lipinski definition) is 5. The van der Waals surface area contributed by atoms with Crippen LogP contribution in [0.5, 0.6) is 5.75 Å². The Morgan fingerprint density at radius 1 is 1.30 bits per heavy atom. The third kappa shape index (κ3) is 3.09. The van der Waals surface area contributed by atoms with E-state index in [2.05, 4.69) is 10.2 Å². The van der Waals surface area contributed by atoms with E-state index in [1.807, 2.05) is 13.8 Å². The van der Waals surface area contributed by atoms with Gasteiger partial charge in [-0.1, -0.05) is 0 Å². The van der Waals surface area contributed by atoms with E-state index < -0.39 is 10.0 Å². The first-order chi connectivity index (χ1) is 11.0. The van der Waals surface area contributed by atoms with Gasteiger partial charge in [0, 0.05) is 13.1 Å². The van der Waals surface area contributed by atoms with Crippen LogP contribution >= 0.6 is 0 Å². The van der Waals surface area contributed by atoms with Gasteiger partial charge in [0.2, 0.25) is 10.0 Å². The molecule has 0 aliphatic carbocycles. The molecule has 3 rings (SSSR count). The Morgan fingerprint density at radius 3 is 2.70 bits per heavy atom. The van der Waals surface area contributed by atoms with Gasteiger partial charge in [0.1, 0.15) is 5.75 Å². The van der Waals surface area contributed by atoms with Crippen LogP contribution in [0.4, 0.5) is 0 Å². The van der Waals surface area contributed by atoms with Crippen LogP contribution in [0.2, 0.25) is 0 Å². The average Bonchev–Trinajstić information content (AvgIpc) is 3.20. The minimum Gasteiger partial charge on any atom is -0.494 e. The summed E-state index contributed by atoms with van der Waals surface area (Å²) < 4.78 is 32.6. The van der Waals surface area contributed by atoms with Crippen LogP contribution in [0.1, 0.15) is 24.9 Å². The molecule has 0 N–H and O–H groups in total. The second-order valence-corrected chi connectivity index (χ2v) is 7.45. The van der Waals surface area contributed by atoms with Crippen LogP contribution < -0.4 is 4.74 Å². The summed E-state index contributed by atoms with van der Waals surface area (Å²) in [5.41, 5.74) is 0.817. The van der Waals surface area contributed by atoms with Gasteiger partial charge in [0.05, 0.1) is 29.9 Å². The van der Waals surface area contributed by atoms with Crippen molar-refractivity contribution in [3.63, 3.8) is 0 Å². The van der Waals surface area contributed by atoms with E-state index in [9.17, 15) is 8.42 Å². The summed E-state index contributed by atoms with van der Waals surface area (Å²) in [6.07, 6.45) is 3.92. The summed E-state index contributed by atoms with van der Waals surface area (Å²) in [4.78, 5) is 1.88. The van der Waals surface area contributed by atoms with Gasteiger partial charge in [0.15, 0.2) is 0 Å². The third-order valence-electron chi connectivity index (χ3n) is 3.97. The zero-order valence-corrected chi connectivity index (χ0v) is 14.0. The van der Waals surface area contributed by atoms with Crippen molar-refractivity contribution in [3.05, 3.63) is 36.2 Å². The minimum absolute atomic E-state index is 0.0106. The molecule has 1 aliphatic rings. The number of nitrogens with zero attached hydrogens (tertiary/aromatic N) is 4. The molecule has 0 amide bonds. The maximum absolute atomic E-state index is 12.8. The van der Waals surface area contributed by atoms with E-state index in [0.29, 0.717) is 36.8 Å². The van der Waals surface area contributed by atoms with Gasteiger partial charge in [-0.25, -0.2) is 8.42 Å². The number of aromatic nitrogens is 3. The van der Waals surface area contributed by atoms with Crippen molar-refractivity contribution in [2.45, 2.75) is 31.2 Å². The van der Waals surface area contributed by atoms with Crippen molar-refractivity contribution in [1.82, 2.24) is 19.3 Å². The van der Waals surface area contributed by atoms with Gasteiger partial charge >= 0.3 is 0 Å². The molecule has 1 fully saturated rings. The smallest absolute Gasteiger partial charge is 0.243 e. The fourth-order valence-corrected chi connectivity index (χ4v) is 4.36. The predicted octanol–water partition coefficient (Wildman–Crippen LogP) is 1.62. The molecule has 0 saturated carbocycles. The van der Waals surface area contributed by atoms with Gasteiger partial charge < -0.3 is 4.74 Å². The summed E-state index contributed by atoms with van der Waals surface area (Å²) in [6, 6.07) is 4.98. The monoisotopic (exact) mass is 336 g/mol. The molecule has 1 aromatic carbocycles. The Labute approximate surface area is 135 Å². The molecule has 8 heteroatoms. The Hall–Kier alpha value is -1.93. The Morgan fingerprint density at radius 2 is 2.04 bits per heavy atom. The molecule has 0 spiro atoms. The highest BCUT2D eigenvalue weighted by Crippen LogP contribution is 2.28. The molecule has 7 nitrogen and oxygen atoms in total. The average molecular weight is 336 g/mol. The maximum atomic E-state index is 12.8. The van der Waals surface area contributed by atoms with Gasteiger partial charge in [-0.05, 0) is 44.0 Å². The minimum atomic E-state index is -3.51. The van der Waals surface area contributed by atoms with E-state index in [4.69, 9.17) is 4.74 Å². The molecule has 2 aromatic rings. The van der Waals surface area contributed by atoms with Crippen molar-refractivity contribution in [1.29, 1.82) is 0 Å². The Kier molecular flexibility index (Phi) is 4.36. The first-order valence-corrected chi connectivity index (χ1v) is 9.05. The highest BCUT2D eigenvalue weighted by Gasteiger charge is 2.34. The number of rotatable bonds is 5. The Bertz CT molecular complexity index is 774. The third-order valence-corrected chi connectivity index (χ3v) is 5.83. The van der Waals surface area contributed by atoms with Gasteiger partial charge in [-0.3, -0.25) is 0 Å². The summed E-state index contributed by atoms with van der Waals surface area (Å²) >= 11 is 0. The SMILES string of the molecule is CCOc1ccc(S(=O)(=O)N2CC[C@H](n3nccn3)C2)cc1C. The van der Waals surface area contributed by atoms with E-state index >= 15 is 0 Å². The molecular weight excluding hydrogens is 316 g/mol. The summed E-state index contributed by atoms with van der Waals surface area (Å²) in [7, 11) is -3.51. The molecule has 0 radical (unpaired) electrons. The number of hydrogen-bond donors (Lipinski definition) is 0. The number of benzene rings is 1. The molecule has 1 saturated heterocycles. The van der Waals surface area contributed by atoms with Crippen molar-refractivity contribution < 1.29 is 13.2 Å². The predicted molar refractivity (Wildman–Crippen MR) is 84.8 cm³/mol. The van der Waals surface area contributed by atoms with E-state index in [1.54, 1.807) is 35.4 Å². The van der Waals surface area contributed by atoms with Crippen LogP contribution in [-0.2, 0) is 10.0 Å². The van der Waals surface area contributed by atoms with Gasteiger partial charge in [-0.15, -0.1) is 0 Å². The molecule has 2 heterocycles. The van der Waals surface area contributed by atoms with E-state index in [-0.39, 0.29) is 6.04 Å². The molecule has 1 aliphatic heterocycles. The lowest BCUT2D eigenvalue weighted by atomic mass is 10.2. The summed E-state index contributed by atoms with van der Waals surface area (Å²) in [5.74, 6) is 0.714. The lowest BCUT2D eigenvalue weighted by Crippen LogP contribution is -2.29. The van der Waals surface area contributed by atoms with Crippen molar-refractivity contribution in [3.8, 4) is 5.75 Å². The van der Waals surface area contributed by atoms with E-state index in [1.165, 1.54) is 4.31 Å². The van der Waals surface area contributed by atoms with Crippen molar-refractivity contribution >= 4 is 10.0 Å². The van der Waals surface area contributed by atoms with Gasteiger partial charge in [0.25, 0.3) is 0 Å². The topological polar surface area (TPSA) is 77.3 Å². The fourth-order valence-electron chi connectivity index (χ4n) is 2.78. The zero-order chi connectivity index (χ0) is 16.4. The van der Waals surface area contributed by atoms with Crippen LogP contribution in [0.25, 0.3) is 0 Å². The van der Waals surface area contributed by atoms with Gasteiger partial charge in [-0.2, -0.15) is 19.3 Å². The van der Waals surface area contributed by atoms with Crippen LogP contribution in [-0.4, -0.2) is 47.4 Å². The lowest BCUT2D eigenvalue weighted by Gasteiger charge is -2.17. The molecule has 23 heavy (non-hydrogen) atoms. The van der Waals surface area contributed by atoms with Crippen molar-refractivity contribution in [2.24, 2.45) is 0 Å². The Balaban J connectivity index is 1.81. The molecule has 124 valence electrons.